The van der Waals surface area contributed by atoms with E-state index >= 15 is 0 Å². The third-order valence-electron chi connectivity index (χ3n) is 4.03. The van der Waals surface area contributed by atoms with Gasteiger partial charge in [-0.2, -0.15) is 0 Å². The first kappa shape index (κ1) is 16.5. The van der Waals surface area contributed by atoms with E-state index in [4.69, 9.17) is 5.11 Å². The normalized spacial score (nSPS) is 20.3. The SMILES string of the molecule is C=CCN(CC)C(=O)N1CCCC(C(C)CC(=O)O)C1. The first-order valence-corrected chi connectivity index (χ1v) is 7.36. The van der Waals surface area contributed by atoms with Crippen LogP contribution in [0.5, 0.6) is 0 Å². The molecule has 0 spiro atoms. The monoisotopic (exact) mass is 282 g/mol. The number of amides is 2. The molecule has 2 amide bonds. The van der Waals surface area contributed by atoms with E-state index in [0.29, 0.717) is 19.6 Å². The van der Waals surface area contributed by atoms with Crippen molar-refractivity contribution in [2.75, 3.05) is 26.2 Å². The van der Waals surface area contributed by atoms with Gasteiger partial charge in [0.15, 0.2) is 0 Å². The van der Waals surface area contributed by atoms with Gasteiger partial charge in [0.25, 0.3) is 0 Å². The molecule has 2 atom stereocenters. The second-order valence-corrected chi connectivity index (χ2v) is 5.53. The number of likely N-dealkylation sites (N-methyl/N-ethyl adjacent to an activating group) is 1. The fourth-order valence-corrected chi connectivity index (χ4v) is 2.79. The van der Waals surface area contributed by atoms with E-state index in [2.05, 4.69) is 6.58 Å². The molecule has 0 radical (unpaired) electrons. The van der Waals surface area contributed by atoms with Crippen molar-refractivity contribution < 1.29 is 14.7 Å². The molecule has 2 unspecified atom stereocenters. The summed E-state index contributed by atoms with van der Waals surface area (Å²) in [4.78, 5) is 26.8. The summed E-state index contributed by atoms with van der Waals surface area (Å²) in [5, 5.41) is 8.89. The molecule has 0 aromatic heterocycles. The van der Waals surface area contributed by atoms with Gasteiger partial charge < -0.3 is 14.9 Å². The maximum atomic E-state index is 12.4. The third-order valence-corrected chi connectivity index (χ3v) is 4.03. The Morgan fingerprint density at radius 1 is 1.55 bits per heavy atom. The van der Waals surface area contributed by atoms with Crippen LogP contribution in [0.25, 0.3) is 0 Å². The van der Waals surface area contributed by atoms with Crippen LogP contribution in [-0.4, -0.2) is 53.1 Å². The zero-order valence-electron chi connectivity index (χ0n) is 12.5. The van der Waals surface area contributed by atoms with Crippen molar-refractivity contribution in [2.45, 2.75) is 33.1 Å². The molecule has 5 nitrogen and oxygen atoms in total. The number of hydrogen-bond acceptors (Lipinski definition) is 2. The summed E-state index contributed by atoms with van der Waals surface area (Å²) in [5.74, 6) is -0.369. The van der Waals surface area contributed by atoms with E-state index in [0.717, 1.165) is 19.4 Å². The predicted molar refractivity (Wildman–Crippen MR) is 78.6 cm³/mol. The van der Waals surface area contributed by atoms with Crippen molar-refractivity contribution >= 4 is 12.0 Å². The molecule has 0 aliphatic carbocycles. The largest absolute Gasteiger partial charge is 0.481 e. The minimum absolute atomic E-state index is 0.0413. The van der Waals surface area contributed by atoms with Gasteiger partial charge in [-0.05, 0) is 31.6 Å². The van der Waals surface area contributed by atoms with Gasteiger partial charge >= 0.3 is 12.0 Å². The van der Waals surface area contributed by atoms with E-state index in [1.54, 1.807) is 11.0 Å². The molecule has 1 aliphatic heterocycles. The highest BCUT2D eigenvalue weighted by molar-refractivity contribution is 5.74. The van der Waals surface area contributed by atoms with Crippen molar-refractivity contribution in [3.63, 3.8) is 0 Å². The van der Waals surface area contributed by atoms with Gasteiger partial charge in [-0.25, -0.2) is 4.79 Å². The zero-order chi connectivity index (χ0) is 15.1. The highest BCUT2D eigenvalue weighted by atomic mass is 16.4. The van der Waals surface area contributed by atoms with E-state index in [9.17, 15) is 9.59 Å². The lowest BCUT2D eigenvalue weighted by molar-refractivity contribution is -0.138. The van der Waals surface area contributed by atoms with Crippen molar-refractivity contribution in [3.05, 3.63) is 12.7 Å². The number of carbonyl (C=O) groups excluding carboxylic acids is 1. The number of nitrogens with zero attached hydrogens (tertiary/aromatic N) is 2. The van der Waals surface area contributed by atoms with Gasteiger partial charge in [0.2, 0.25) is 0 Å². The van der Waals surface area contributed by atoms with Gasteiger partial charge in [-0.1, -0.05) is 13.0 Å². The molecule has 1 saturated heterocycles. The highest BCUT2D eigenvalue weighted by Gasteiger charge is 2.29. The Bertz CT molecular complexity index is 357. The number of piperidine rings is 1. The summed E-state index contributed by atoms with van der Waals surface area (Å²) in [6, 6.07) is 0.0413. The van der Waals surface area contributed by atoms with Crippen LogP contribution in [0.4, 0.5) is 4.79 Å². The van der Waals surface area contributed by atoms with E-state index < -0.39 is 5.97 Å². The van der Waals surface area contributed by atoms with Crippen LogP contribution in [-0.2, 0) is 4.79 Å². The minimum atomic E-state index is -0.761. The number of likely N-dealkylation sites (tertiary alicyclic amines) is 1. The van der Waals surface area contributed by atoms with E-state index in [1.807, 2.05) is 18.7 Å². The van der Waals surface area contributed by atoms with E-state index in [1.165, 1.54) is 0 Å². The Balaban J connectivity index is 2.61. The molecule has 0 aromatic carbocycles. The molecular weight excluding hydrogens is 256 g/mol. The summed E-state index contributed by atoms with van der Waals surface area (Å²) in [7, 11) is 0. The lowest BCUT2D eigenvalue weighted by Gasteiger charge is -2.37. The molecule has 1 aliphatic rings. The van der Waals surface area contributed by atoms with Gasteiger partial charge in [0.1, 0.15) is 0 Å². The Morgan fingerprint density at radius 2 is 2.25 bits per heavy atom. The first-order valence-electron chi connectivity index (χ1n) is 7.36. The van der Waals surface area contributed by atoms with Gasteiger partial charge in [-0.15, -0.1) is 6.58 Å². The number of urea groups is 1. The van der Waals surface area contributed by atoms with Crippen LogP contribution < -0.4 is 0 Å². The van der Waals surface area contributed by atoms with Gasteiger partial charge in [0, 0.05) is 32.6 Å². The fraction of sp³-hybridized carbons (Fsp3) is 0.733. The molecule has 1 fully saturated rings. The van der Waals surface area contributed by atoms with Gasteiger partial charge in [0.05, 0.1) is 0 Å². The average Bonchev–Trinajstić information content (AvgIpc) is 2.43. The standard InChI is InChI=1S/C15H26N2O3/c1-4-8-16(5-2)15(20)17-9-6-7-13(11-17)12(3)10-14(18)19/h4,12-13H,1,5-11H2,2-3H3,(H,18,19). The van der Waals surface area contributed by atoms with Crippen molar-refractivity contribution in [3.8, 4) is 0 Å². The summed E-state index contributed by atoms with van der Waals surface area (Å²) in [6.07, 6.45) is 3.87. The topological polar surface area (TPSA) is 60.9 Å². The van der Waals surface area contributed by atoms with Crippen LogP contribution in [0, 0.1) is 11.8 Å². The van der Waals surface area contributed by atoms with Crippen molar-refractivity contribution in [2.24, 2.45) is 11.8 Å². The zero-order valence-corrected chi connectivity index (χ0v) is 12.5. The molecule has 1 N–H and O–H groups in total. The summed E-state index contributed by atoms with van der Waals surface area (Å²) in [5.41, 5.74) is 0. The number of aliphatic carboxylic acids is 1. The first-order chi connectivity index (χ1) is 9.49. The maximum Gasteiger partial charge on any atom is 0.320 e. The molecule has 5 heteroatoms. The second-order valence-electron chi connectivity index (χ2n) is 5.53. The quantitative estimate of drug-likeness (QED) is 0.761. The summed E-state index contributed by atoms with van der Waals surface area (Å²) >= 11 is 0. The number of carbonyl (C=O) groups is 2. The molecule has 0 bridgehead atoms. The van der Waals surface area contributed by atoms with Crippen LogP contribution in [0.3, 0.4) is 0 Å². The Hall–Kier alpha value is -1.52. The number of carboxylic acid groups (broad SMARTS) is 1. The highest BCUT2D eigenvalue weighted by Crippen LogP contribution is 2.26. The Morgan fingerprint density at radius 3 is 2.80 bits per heavy atom. The average molecular weight is 282 g/mol. The predicted octanol–water partition coefficient (Wildman–Crippen LogP) is 2.44. The lowest BCUT2D eigenvalue weighted by Crippen LogP contribution is -2.48. The molecule has 114 valence electrons. The third kappa shape index (κ3) is 4.54. The second kappa shape index (κ2) is 7.92. The minimum Gasteiger partial charge on any atom is -0.481 e. The Labute approximate surface area is 121 Å². The Kier molecular flexibility index (Phi) is 6.55. The number of rotatable bonds is 6. The summed E-state index contributed by atoms with van der Waals surface area (Å²) in [6.45, 7) is 10.2. The molecular formula is C15H26N2O3. The fourth-order valence-electron chi connectivity index (χ4n) is 2.79. The maximum absolute atomic E-state index is 12.4. The molecule has 1 rings (SSSR count). The van der Waals surface area contributed by atoms with Crippen LogP contribution >= 0.6 is 0 Å². The van der Waals surface area contributed by atoms with Gasteiger partial charge in [-0.3, -0.25) is 4.79 Å². The lowest BCUT2D eigenvalue weighted by atomic mass is 9.85. The molecule has 1 heterocycles. The number of carboxylic acids is 1. The molecule has 20 heavy (non-hydrogen) atoms. The van der Waals surface area contributed by atoms with Crippen molar-refractivity contribution in [1.29, 1.82) is 0 Å². The van der Waals surface area contributed by atoms with E-state index in [-0.39, 0.29) is 24.3 Å². The molecule has 0 aromatic rings. The van der Waals surface area contributed by atoms with Crippen LogP contribution in [0.15, 0.2) is 12.7 Å². The number of hydrogen-bond donors (Lipinski definition) is 1. The van der Waals surface area contributed by atoms with Crippen molar-refractivity contribution in [1.82, 2.24) is 9.80 Å². The van der Waals surface area contributed by atoms with Crippen LogP contribution in [0.1, 0.15) is 33.1 Å². The summed E-state index contributed by atoms with van der Waals surface area (Å²) < 4.78 is 0. The van der Waals surface area contributed by atoms with Crippen LogP contribution in [0.2, 0.25) is 0 Å². The smallest absolute Gasteiger partial charge is 0.320 e. The molecule has 0 saturated carbocycles.